The van der Waals surface area contributed by atoms with E-state index in [0.29, 0.717) is 18.4 Å². The highest BCUT2D eigenvalue weighted by Gasteiger charge is 2.35. The van der Waals surface area contributed by atoms with E-state index >= 15 is 0 Å². The summed E-state index contributed by atoms with van der Waals surface area (Å²) >= 11 is 0. The van der Waals surface area contributed by atoms with E-state index in [1.807, 2.05) is 0 Å². The zero-order valence-electron chi connectivity index (χ0n) is 12.1. The monoisotopic (exact) mass is 276 g/mol. The summed E-state index contributed by atoms with van der Waals surface area (Å²) in [6.45, 7) is 1.76. The van der Waals surface area contributed by atoms with Gasteiger partial charge in [0.25, 0.3) is 0 Å². The Labute approximate surface area is 120 Å². The summed E-state index contributed by atoms with van der Waals surface area (Å²) in [5, 5.41) is 4.07. The van der Waals surface area contributed by atoms with Crippen LogP contribution in [0, 0.1) is 5.92 Å². The second-order valence-electron chi connectivity index (χ2n) is 6.10. The van der Waals surface area contributed by atoms with Crippen molar-refractivity contribution in [3.05, 3.63) is 12.7 Å². The molecule has 1 saturated heterocycles. The Bertz CT molecular complexity index is 429. The van der Waals surface area contributed by atoms with E-state index in [2.05, 4.69) is 15.0 Å². The quantitative estimate of drug-likeness (QED) is 0.847. The number of amides is 1. The molecule has 2 fully saturated rings. The van der Waals surface area contributed by atoms with Gasteiger partial charge in [0.2, 0.25) is 5.91 Å². The summed E-state index contributed by atoms with van der Waals surface area (Å²) in [7, 11) is 0. The highest BCUT2D eigenvalue weighted by atomic mass is 16.2. The van der Waals surface area contributed by atoms with E-state index in [0.717, 1.165) is 25.4 Å². The molecule has 1 saturated carbocycles. The largest absolute Gasteiger partial charge is 0.339 e. The van der Waals surface area contributed by atoms with Gasteiger partial charge >= 0.3 is 0 Å². The highest BCUT2D eigenvalue weighted by Crippen LogP contribution is 2.35. The minimum Gasteiger partial charge on any atom is -0.339 e. The zero-order valence-corrected chi connectivity index (χ0v) is 12.1. The van der Waals surface area contributed by atoms with Crippen molar-refractivity contribution in [2.24, 2.45) is 5.92 Å². The SMILES string of the molecule is O=C(CCCn1cncn1)N1CCC[C@@H]2CCCC[C@H]21. The fraction of sp³-hybridized carbons (Fsp3) is 0.800. The van der Waals surface area contributed by atoms with E-state index in [9.17, 15) is 4.79 Å². The van der Waals surface area contributed by atoms with Crippen LogP contribution in [-0.4, -0.2) is 38.2 Å². The van der Waals surface area contributed by atoms with Crippen LogP contribution in [0.25, 0.3) is 0 Å². The Morgan fingerprint density at radius 3 is 2.90 bits per heavy atom. The van der Waals surface area contributed by atoms with Gasteiger partial charge in [-0.1, -0.05) is 12.8 Å². The fourth-order valence-electron chi connectivity index (χ4n) is 3.82. The first kappa shape index (κ1) is 13.6. The van der Waals surface area contributed by atoms with Gasteiger partial charge in [-0.3, -0.25) is 9.48 Å². The average Bonchev–Trinajstić information content (AvgIpc) is 3.00. The average molecular weight is 276 g/mol. The number of likely N-dealkylation sites (tertiary alicyclic amines) is 1. The summed E-state index contributed by atoms with van der Waals surface area (Å²) < 4.78 is 1.80. The molecule has 1 aromatic rings. The first-order chi connectivity index (χ1) is 9.84. The van der Waals surface area contributed by atoms with Crippen LogP contribution in [0.5, 0.6) is 0 Å². The zero-order chi connectivity index (χ0) is 13.8. The van der Waals surface area contributed by atoms with Crippen molar-refractivity contribution >= 4 is 5.91 Å². The van der Waals surface area contributed by atoms with Crippen LogP contribution in [0.2, 0.25) is 0 Å². The van der Waals surface area contributed by atoms with Crippen molar-refractivity contribution in [1.29, 1.82) is 0 Å². The van der Waals surface area contributed by atoms with Gasteiger partial charge in [0.1, 0.15) is 12.7 Å². The fourth-order valence-corrected chi connectivity index (χ4v) is 3.82. The van der Waals surface area contributed by atoms with Crippen LogP contribution in [-0.2, 0) is 11.3 Å². The first-order valence-electron chi connectivity index (χ1n) is 7.96. The summed E-state index contributed by atoms with van der Waals surface area (Å²) in [4.78, 5) is 18.6. The molecule has 3 rings (SSSR count). The lowest BCUT2D eigenvalue weighted by molar-refractivity contribution is -0.137. The number of carbonyl (C=O) groups excluding carboxylic acids is 1. The van der Waals surface area contributed by atoms with Gasteiger partial charge in [0.05, 0.1) is 0 Å². The van der Waals surface area contributed by atoms with Gasteiger partial charge in [-0.25, -0.2) is 4.98 Å². The number of piperidine rings is 1. The molecule has 20 heavy (non-hydrogen) atoms. The molecule has 0 spiro atoms. The van der Waals surface area contributed by atoms with Gasteiger partial charge in [-0.15, -0.1) is 0 Å². The molecule has 110 valence electrons. The van der Waals surface area contributed by atoms with Crippen molar-refractivity contribution < 1.29 is 4.79 Å². The molecule has 0 bridgehead atoms. The standard InChI is InChI=1S/C15H24N4O/c20-15(8-4-9-18-12-16-11-17-18)19-10-3-6-13-5-1-2-7-14(13)19/h11-14H,1-10H2/t13-,14+/m0/s1. The summed E-state index contributed by atoms with van der Waals surface area (Å²) in [5.74, 6) is 1.12. The second-order valence-corrected chi connectivity index (χ2v) is 6.10. The molecule has 2 heterocycles. The number of fused-ring (bicyclic) bond motifs is 1. The van der Waals surface area contributed by atoms with Crippen molar-refractivity contribution in [2.45, 2.75) is 64.0 Å². The van der Waals surface area contributed by atoms with Crippen LogP contribution < -0.4 is 0 Å². The van der Waals surface area contributed by atoms with Gasteiger partial charge in [-0.2, -0.15) is 5.10 Å². The maximum Gasteiger partial charge on any atom is 0.222 e. The Hall–Kier alpha value is -1.39. The molecule has 0 radical (unpaired) electrons. The number of nitrogens with zero attached hydrogens (tertiary/aromatic N) is 4. The number of rotatable bonds is 4. The van der Waals surface area contributed by atoms with Gasteiger partial charge < -0.3 is 4.90 Å². The van der Waals surface area contributed by atoms with Gasteiger partial charge in [-0.05, 0) is 38.0 Å². The number of aryl methyl sites for hydroxylation is 1. The van der Waals surface area contributed by atoms with Crippen molar-refractivity contribution in [2.75, 3.05) is 6.54 Å². The Morgan fingerprint density at radius 2 is 2.05 bits per heavy atom. The third kappa shape index (κ3) is 3.02. The molecule has 5 heteroatoms. The Kier molecular flexibility index (Phi) is 4.33. The lowest BCUT2D eigenvalue weighted by Crippen LogP contribution is -2.49. The molecule has 2 atom stereocenters. The maximum absolute atomic E-state index is 12.5. The van der Waals surface area contributed by atoms with E-state index in [1.54, 1.807) is 17.3 Å². The Balaban J connectivity index is 1.50. The molecule has 2 aliphatic rings. The summed E-state index contributed by atoms with van der Waals surface area (Å²) in [6.07, 6.45) is 12.5. The van der Waals surface area contributed by atoms with Crippen LogP contribution in [0.4, 0.5) is 0 Å². The van der Waals surface area contributed by atoms with Gasteiger partial charge in [0.15, 0.2) is 0 Å². The normalized spacial score (nSPS) is 26.3. The third-order valence-electron chi connectivity index (χ3n) is 4.81. The summed E-state index contributed by atoms with van der Waals surface area (Å²) in [5.41, 5.74) is 0. The third-order valence-corrected chi connectivity index (χ3v) is 4.81. The van der Waals surface area contributed by atoms with E-state index in [-0.39, 0.29) is 0 Å². The molecule has 5 nitrogen and oxygen atoms in total. The second kappa shape index (κ2) is 6.37. The topological polar surface area (TPSA) is 51.0 Å². The molecule has 0 unspecified atom stereocenters. The molecule has 1 aromatic heterocycles. The van der Waals surface area contributed by atoms with Crippen molar-refractivity contribution in [3.63, 3.8) is 0 Å². The number of aromatic nitrogens is 3. The van der Waals surface area contributed by atoms with Crippen molar-refractivity contribution in [1.82, 2.24) is 19.7 Å². The predicted molar refractivity (Wildman–Crippen MR) is 75.9 cm³/mol. The number of hydrogen-bond donors (Lipinski definition) is 0. The minimum absolute atomic E-state index is 0.349. The summed E-state index contributed by atoms with van der Waals surface area (Å²) in [6, 6.07) is 0.538. The smallest absolute Gasteiger partial charge is 0.222 e. The Morgan fingerprint density at radius 1 is 1.20 bits per heavy atom. The minimum atomic E-state index is 0.349. The highest BCUT2D eigenvalue weighted by molar-refractivity contribution is 5.76. The molecule has 1 amide bonds. The lowest BCUT2D eigenvalue weighted by Gasteiger charge is -2.44. The molecule has 1 aliphatic heterocycles. The molecule has 1 aliphatic carbocycles. The van der Waals surface area contributed by atoms with Crippen LogP contribution in [0.1, 0.15) is 51.4 Å². The molecule has 0 N–H and O–H groups in total. The first-order valence-corrected chi connectivity index (χ1v) is 7.96. The van der Waals surface area contributed by atoms with Crippen LogP contribution in [0.3, 0.4) is 0 Å². The molecule has 0 aromatic carbocycles. The lowest BCUT2D eigenvalue weighted by atomic mass is 9.78. The maximum atomic E-state index is 12.5. The van der Waals surface area contributed by atoms with Gasteiger partial charge in [0, 0.05) is 25.6 Å². The van der Waals surface area contributed by atoms with E-state index in [1.165, 1.54) is 38.5 Å². The van der Waals surface area contributed by atoms with Crippen LogP contribution >= 0.6 is 0 Å². The predicted octanol–water partition coefficient (Wildman–Crippen LogP) is 2.24. The van der Waals surface area contributed by atoms with E-state index in [4.69, 9.17) is 0 Å². The number of hydrogen-bond acceptors (Lipinski definition) is 3. The molecular weight excluding hydrogens is 252 g/mol. The molecular formula is C15H24N4O. The van der Waals surface area contributed by atoms with E-state index < -0.39 is 0 Å². The number of carbonyl (C=O) groups is 1. The van der Waals surface area contributed by atoms with Crippen molar-refractivity contribution in [3.8, 4) is 0 Å². The van der Waals surface area contributed by atoms with Crippen LogP contribution in [0.15, 0.2) is 12.7 Å².